The molecule has 0 saturated carbocycles. The summed E-state index contributed by atoms with van der Waals surface area (Å²) in [6.07, 6.45) is 0. The number of anilines is 1. The van der Waals surface area contributed by atoms with E-state index in [4.69, 9.17) is 0 Å². The molecule has 0 aliphatic rings. The van der Waals surface area contributed by atoms with E-state index in [9.17, 15) is 4.79 Å². The summed E-state index contributed by atoms with van der Waals surface area (Å²) >= 11 is 4.18. The van der Waals surface area contributed by atoms with E-state index in [1.54, 1.807) is 0 Å². The molecular weight excluding hydrogens is 182 g/mol. The van der Waals surface area contributed by atoms with Crippen LogP contribution in [0.15, 0.2) is 29.2 Å². The lowest BCUT2D eigenvalue weighted by Gasteiger charge is -2.07. The second-order valence-electron chi connectivity index (χ2n) is 3.19. The van der Waals surface area contributed by atoms with Crippen LogP contribution in [0.3, 0.4) is 0 Å². The fourth-order valence-electron chi connectivity index (χ4n) is 0.870. The van der Waals surface area contributed by atoms with Crippen molar-refractivity contribution in [2.75, 3.05) is 5.32 Å². The summed E-state index contributed by atoms with van der Waals surface area (Å²) in [7, 11) is 0. The van der Waals surface area contributed by atoms with Gasteiger partial charge in [0.15, 0.2) is 0 Å². The minimum Gasteiger partial charge on any atom is -0.326 e. The van der Waals surface area contributed by atoms with E-state index in [0.717, 1.165) is 10.6 Å². The summed E-state index contributed by atoms with van der Waals surface area (Å²) in [6, 6.07) is 7.40. The summed E-state index contributed by atoms with van der Waals surface area (Å²) in [5, 5.41) is 2.79. The zero-order valence-electron chi connectivity index (χ0n) is 7.74. The first kappa shape index (κ1) is 10.1. The minimum atomic E-state index is 0.00331. The number of amides is 1. The van der Waals surface area contributed by atoms with E-state index in [2.05, 4.69) is 17.9 Å². The Labute approximate surface area is 83.8 Å². The first-order valence-corrected chi connectivity index (χ1v) is 4.64. The highest BCUT2D eigenvalue weighted by Crippen LogP contribution is 2.14. The number of nitrogens with one attached hydrogen (secondary N) is 1. The van der Waals surface area contributed by atoms with Crippen molar-refractivity contribution in [2.24, 2.45) is 5.92 Å². The number of hydrogen-bond donors (Lipinski definition) is 2. The molecule has 1 aromatic carbocycles. The molecule has 0 unspecified atom stereocenters. The van der Waals surface area contributed by atoms with Gasteiger partial charge in [0.05, 0.1) is 0 Å². The Morgan fingerprint density at radius 1 is 1.46 bits per heavy atom. The summed E-state index contributed by atoms with van der Waals surface area (Å²) < 4.78 is 0. The molecule has 0 atom stereocenters. The van der Waals surface area contributed by atoms with Gasteiger partial charge in [0.25, 0.3) is 0 Å². The molecule has 1 N–H and O–H groups in total. The van der Waals surface area contributed by atoms with Crippen molar-refractivity contribution in [1.29, 1.82) is 0 Å². The van der Waals surface area contributed by atoms with Crippen LogP contribution in [0.1, 0.15) is 13.8 Å². The first-order valence-electron chi connectivity index (χ1n) is 4.19. The van der Waals surface area contributed by atoms with Crippen LogP contribution in [-0.4, -0.2) is 5.91 Å². The summed E-state index contributed by atoms with van der Waals surface area (Å²) in [4.78, 5) is 12.1. The van der Waals surface area contributed by atoms with Crippen LogP contribution in [0, 0.1) is 5.92 Å². The lowest BCUT2D eigenvalue weighted by molar-refractivity contribution is -0.118. The number of hydrogen-bond acceptors (Lipinski definition) is 2. The zero-order chi connectivity index (χ0) is 9.84. The lowest BCUT2D eigenvalue weighted by Crippen LogP contribution is -2.17. The van der Waals surface area contributed by atoms with Crippen LogP contribution in [0.25, 0.3) is 0 Å². The largest absolute Gasteiger partial charge is 0.326 e. The zero-order valence-corrected chi connectivity index (χ0v) is 8.64. The van der Waals surface area contributed by atoms with Gasteiger partial charge in [-0.25, -0.2) is 0 Å². The summed E-state index contributed by atoms with van der Waals surface area (Å²) in [5.74, 6) is 0.0301. The lowest BCUT2D eigenvalue weighted by atomic mass is 10.2. The van der Waals surface area contributed by atoms with E-state index in [1.165, 1.54) is 0 Å². The quantitative estimate of drug-likeness (QED) is 0.698. The van der Waals surface area contributed by atoms with Crippen LogP contribution in [-0.2, 0) is 4.79 Å². The standard InChI is InChI=1S/C10H13NOS/c1-7(2)10(12)11-8-4-3-5-9(13)6-8/h3-7,13H,1-2H3,(H,11,12). The number of benzene rings is 1. The molecule has 0 aromatic heterocycles. The van der Waals surface area contributed by atoms with Gasteiger partial charge in [-0.05, 0) is 18.2 Å². The molecule has 13 heavy (non-hydrogen) atoms. The molecule has 0 heterocycles. The number of carbonyl (C=O) groups excluding carboxylic acids is 1. The Morgan fingerprint density at radius 2 is 2.15 bits per heavy atom. The van der Waals surface area contributed by atoms with E-state index in [-0.39, 0.29) is 11.8 Å². The van der Waals surface area contributed by atoms with Crippen LogP contribution in [0.4, 0.5) is 5.69 Å². The molecule has 1 amide bonds. The SMILES string of the molecule is CC(C)C(=O)Nc1cccc(S)c1. The van der Waals surface area contributed by atoms with Gasteiger partial charge in [-0.3, -0.25) is 4.79 Å². The van der Waals surface area contributed by atoms with Crippen molar-refractivity contribution in [3.8, 4) is 0 Å². The fraction of sp³-hybridized carbons (Fsp3) is 0.300. The van der Waals surface area contributed by atoms with E-state index >= 15 is 0 Å². The Balaban J connectivity index is 2.69. The highest BCUT2D eigenvalue weighted by molar-refractivity contribution is 7.80. The third-order valence-corrected chi connectivity index (χ3v) is 1.92. The Morgan fingerprint density at radius 3 is 2.69 bits per heavy atom. The molecule has 0 aliphatic carbocycles. The molecule has 1 rings (SSSR count). The molecule has 70 valence electrons. The number of carbonyl (C=O) groups is 1. The first-order chi connectivity index (χ1) is 6.09. The maximum Gasteiger partial charge on any atom is 0.226 e. The van der Waals surface area contributed by atoms with E-state index in [1.807, 2.05) is 38.1 Å². The molecule has 0 spiro atoms. The van der Waals surface area contributed by atoms with Gasteiger partial charge in [-0.15, -0.1) is 12.6 Å². The molecule has 0 fully saturated rings. The van der Waals surface area contributed by atoms with Crippen molar-refractivity contribution in [2.45, 2.75) is 18.7 Å². The molecule has 0 saturated heterocycles. The average Bonchev–Trinajstić information content (AvgIpc) is 2.04. The third-order valence-electron chi connectivity index (χ3n) is 1.64. The monoisotopic (exact) mass is 195 g/mol. The van der Waals surface area contributed by atoms with Crippen molar-refractivity contribution in [1.82, 2.24) is 0 Å². The topological polar surface area (TPSA) is 29.1 Å². The Hall–Kier alpha value is -0.960. The maximum atomic E-state index is 11.3. The van der Waals surface area contributed by atoms with Crippen molar-refractivity contribution >= 4 is 24.2 Å². The molecule has 1 aromatic rings. The van der Waals surface area contributed by atoms with Gasteiger partial charge in [-0.1, -0.05) is 19.9 Å². The van der Waals surface area contributed by atoms with Gasteiger partial charge in [0, 0.05) is 16.5 Å². The molecule has 0 bridgehead atoms. The van der Waals surface area contributed by atoms with Gasteiger partial charge < -0.3 is 5.32 Å². The van der Waals surface area contributed by atoms with Crippen LogP contribution >= 0.6 is 12.6 Å². The van der Waals surface area contributed by atoms with Crippen LogP contribution in [0.5, 0.6) is 0 Å². The van der Waals surface area contributed by atoms with Gasteiger partial charge in [0.1, 0.15) is 0 Å². The predicted octanol–water partition coefficient (Wildman–Crippen LogP) is 2.57. The van der Waals surface area contributed by atoms with Crippen LogP contribution < -0.4 is 5.32 Å². The minimum absolute atomic E-state index is 0.00331. The van der Waals surface area contributed by atoms with Gasteiger partial charge >= 0.3 is 0 Å². The highest BCUT2D eigenvalue weighted by Gasteiger charge is 2.06. The number of rotatable bonds is 2. The van der Waals surface area contributed by atoms with Crippen molar-refractivity contribution in [3.05, 3.63) is 24.3 Å². The maximum absolute atomic E-state index is 11.3. The highest BCUT2D eigenvalue weighted by atomic mass is 32.1. The van der Waals surface area contributed by atoms with Crippen molar-refractivity contribution in [3.63, 3.8) is 0 Å². The van der Waals surface area contributed by atoms with E-state index < -0.39 is 0 Å². The second-order valence-corrected chi connectivity index (χ2v) is 3.71. The molecule has 3 heteroatoms. The van der Waals surface area contributed by atoms with Gasteiger partial charge in [-0.2, -0.15) is 0 Å². The number of thiol groups is 1. The predicted molar refractivity (Wildman–Crippen MR) is 57.2 cm³/mol. The normalized spacial score (nSPS) is 10.2. The average molecular weight is 195 g/mol. The molecule has 0 radical (unpaired) electrons. The smallest absolute Gasteiger partial charge is 0.226 e. The van der Waals surface area contributed by atoms with Crippen molar-refractivity contribution < 1.29 is 4.79 Å². The fourth-order valence-corrected chi connectivity index (χ4v) is 1.10. The molecule has 2 nitrogen and oxygen atoms in total. The molecular formula is C10H13NOS. The Bertz CT molecular complexity index is 310. The second kappa shape index (κ2) is 4.33. The summed E-state index contributed by atoms with van der Waals surface area (Å²) in [5.41, 5.74) is 0.797. The van der Waals surface area contributed by atoms with Gasteiger partial charge in [0.2, 0.25) is 5.91 Å². The van der Waals surface area contributed by atoms with E-state index in [0.29, 0.717) is 0 Å². The summed E-state index contributed by atoms with van der Waals surface area (Å²) in [6.45, 7) is 3.72. The molecule has 0 aliphatic heterocycles. The van der Waals surface area contributed by atoms with Crippen LogP contribution in [0.2, 0.25) is 0 Å². The third kappa shape index (κ3) is 3.11. The Kier molecular flexibility index (Phi) is 3.37.